The maximum Gasteiger partial charge on any atom is 0.124 e. The summed E-state index contributed by atoms with van der Waals surface area (Å²) in [5.41, 5.74) is 0.937. The fraction of sp³-hybridized carbons (Fsp3) is 0.625. The molecule has 1 saturated carbocycles. The fourth-order valence-corrected chi connectivity index (χ4v) is 3.04. The van der Waals surface area contributed by atoms with Gasteiger partial charge < -0.3 is 9.84 Å². The number of rotatable bonds is 3. The first kappa shape index (κ1) is 13.4. The normalized spacial score (nSPS) is 29.9. The second kappa shape index (κ2) is 5.75. The molecule has 0 bridgehead atoms. The zero-order chi connectivity index (χ0) is 13.1. The summed E-state index contributed by atoms with van der Waals surface area (Å²) >= 11 is 0. The molecule has 0 saturated heterocycles. The third-order valence-corrected chi connectivity index (χ3v) is 4.54. The summed E-state index contributed by atoms with van der Waals surface area (Å²) in [6.45, 7) is 4.61. The molecule has 0 amide bonds. The predicted octanol–water partition coefficient (Wildman–Crippen LogP) is 3.80. The molecule has 2 rings (SSSR count). The summed E-state index contributed by atoms with van der Waals surface area (Å²) in [5, 5.41) is 10.6. The van der Waals surface area contributed by atoms with E-state index in [9.17, 15) is 5.11 Å². The second-order valence-corrected chi connectivity index (χ2v) is 5.71. The minimum atomic E-state index is -0.393. The van der Waals surface area contributed by atoms with Gasteiger partial charge in [-0.05, 0) is 36.7 Å². The van der Waals surface area contributed by atoms with Gasteiger partial charge in [-0.25, -0.2) is 0 Å². The van der Waals surface area contributed by atoms with Crippen molar-refractivity contribution in [1.29, 1.82) is 0 Å². The molecular formula is C16H24O2. The summed E-state index contributed by atoms with van der Waals surface area (Å²) < 4.78 is 5.35. The maximum atomic E-state index is 10.6. The van der Waals surface area contributed by atoms with Crippen LogP contribution in [0.25, 0.3) is 0 Å². The number of hydrogen-bond acceptors (Lipinski definition) is 2. The van der Waals surface area contributed by atoms with Gasteiger partial charge in [0.05, 0.1) is 13.2 Å². The highest BCUT2D eigenvalue weighted by Crippen LogP contribution is 2.41. The largest absolute Gasteiger partial charge is 0.496 e. The average molecular weight is 248 g/mol. The van der Waals surface area contributed by atoms with E-state index in [1.54, 1.807) is 7.11 Å². The van der Waals surface area contributed by atoms with Gasteiger partial charge in [-0.3, -0.25) is 0 Å². The van der Waals surface area contributed by atoms with Crippen LogP contribution in [-0.4, -0.2) is 12.2 Å². The van der Waals surface area contributed by atoms with Gasteiger partial charge in [0.2, 0.25) is 0 Å². The molecule has 1 fully saturated rings. The van der Waals surface area contributed by atoms with Crippen LogP contribution >= 0.6 is 0 Å². The van der Waals surface area contributed by atoms with E-state index >= 15 is 0 Å². The van der Waals surface area contributed by atoms with E-state index < -0.39 is 6.10 Å². The van der Waals surface area contributed by atoms with E-state index in [0.29, 0.717) is 11.8 Å². The Hall–Kier alpha value is -1.02. The van der Waals surface area contributed by atoms with E-state index in [-0.39, 0.29) is 0 Å². The number of methoxy groups -OCH3 is 1. The van der Waals surface area contributed by atoms with Crippen molar-refractivity contribution in [1.82, 2.24) is 0 Å². The third kappa shape index (κ3) is 2.69. The standard InChI is InChI=1S/C16H24O2/c1-11-8-9-13(10-12(11)2)16(17)14-6-4-5-7-15(14)18-3/h4-7,11-13,16-17H,8-10H2,1-3H3. The van der Waals surface area contributed by atoms with Crippen LogP contribution in [-0.2, 0) is 0 Å². The SMILES string of the molecule is COc1ccccc1C(O)C1CCC(C)C(C)C1. The summed E-state index contributed by atoms with van der Waals surface area (Å²) in [7, 11) is 1.66. The third-order valence-electron chi connectivity index (χ3n) is 4.54. The summed E-state index contributed by atoms with van der Waals surface area (Å²) in [5.74, 6) is 2.66. The molecule has 0 radical (unpaired) electrons. The van der Waals surface area contributed by atoms with Crippen LogP contribution in [0, 0.1) is 17.8 Å². The van der Waals surface area contributed by atoms with Crippen molar-refractivity contribution >= 4 is 0 Å². The smallest absolute Gasteiger partial charge is 0.124 e. The van der Waals surface area contributed by atoms with Crippen molar-refractivity contribution in [2.45, 2.75) is 39.2 Å². The number of benzene rings is 1. The lowest BCUT2D eigenvalue weighted by Crippen LogP contribution is -2.25. The van der Waals surface area contributed by atoms with Crippen molar-refractivity contribution in [3.8, 4) is 5.75 Å². The lowest BCUT2D eigenvalue weighted by Gasteiger charge is -2.35. The van der Waals surface area contributed by atoms with Crippen LogP contribution in [0.4, 0.5) is 0 Å². The summed E-state index contributed by atoms with van der Waals surface area (Å²) in [4.78, 5) is 0. The molecule has 0 spiro atoms. The molecule has 4 atom stereocenters. The summed E-state index contributed by atoms with van der Waals surface area (Å²) in [6, 6.07) is 7.82. The molecule has 1 aromatic carbocycles. The van der Waals surface area contributed by atoms with E-state index in [1.165, 1.54) is 6.42 Å². The van der Waals surface area contributed by atoms with Crippen LogP contribution in [0.3, 0.4) is 0 Å². The molecule has 18 heavy (non-hydrogen) atoms. The van der Waals surface area contributed by atoms with Gasteiger partial charge in [-0.1, -0.05) is 38.5 Å². The Kier molecular flexibility index (Phi) is 4.28. The molecule has 0 aliphatic heterocycles. The lowest BCUT2D eigenvalue weighted by atomic mass is 9.73. The van der Waals surface area contributed by atoms with Crippen LogP contribution < -0.4 is 4.74 Å². The molecular weight excluding hydrogens is 224 g/mol. The Morgan fingerprint density at radius 2 is 1.89 bits per heavy atom. The lowest BCUT2D eigenvalue weighted by molar-refractivity contribution is 0.0544. The van der Waals surface area contributed by atoms with Crippen molar-refractivity contribution in [2.75, 3.05) is 7.11 Å². The number of aliphatic hydroxyl groups is 1. The van der Waals surface area contributed by atoms with Crippen molar-refractivity contribution in [3.05, 3.63) is 29.8 Å². The number of para-hydroxylation sites is 1. The minimum Gasteiger partial charge on any atom is -0.496 e. The Bertz CT molecular complexity index is 388. The van der Waals surface area contributed by atoms with E-state index in [2.05, 4.69) is 13.8 Å². The van der Waals surface area contributed by atoms with Crippen LogP contribution in [0.1, 0.15) is 44.8 Å². The number of hydrogen-bond donors (Lipinski definition) is 1. The quantitative estimate of drug-likeness (QED) is 0.881. The van der Waals surface area contributed by atoms with Crippen molar-refractivity contribution < 1.29 is 9.84 Å². The molecule has 1 aromatic rings. The first-order valence-electron chi connectivity index (χ1n) is 6.94. The number of ether oxygens (including phenoxy) is 1. The minimum absolute atomic E-state index is 0.368. The molecule has 2 heteroatoms. The number of aliphatic hydroxyl groups excluding tert-OH is 1. The van der Waals surface area contributed by atoms with E-state index in [1.807, 2.05) is 24.3 Å². The van der Waals surface area contributed by atoms with Crippen molar-refractivity contribution in [3.63, 3.8) is 0 Å². The molecule has 4 unspecified atom stereocenters. The van der Waals surface area contributed by atoms with Crippen LogP contribution in [0.15, 0.2) is 24.3 Å². The second-order valence-electron chi connectivity index (χ2n) is 5.71. The van der Waals surface area contributed by atoms with Crippen LogP contribution in [0.5, 0.6) is 5.75 Å². The molecule has 2 nitrogen and oxygen atoms in total. The van der Waals surface area contributed by atoms with Gasteiger partial charge in [0.25, 0.3) is 0 Å². The molecule has 0 heterocycles. The predicted molar refractivity (Wildman–Crippen MR) is 73.6 cm³/mol. The van der Waals surface area contributed by atoms with Gasteiger partial charge in [0, 0.05) is 5.56 Å². The van der Waals surface area contributed by atoms with Crippen LogP contribution in [0.2, 0.25) is 0 Å². The Labute approximate surface area is 110 Å². The molecule has 100 valence electrons. The average Bonchev–Trinajstić information content (AvgIpc) is 2.41. The Balaban J connectivity index is 2.13. The first-order chi connectivity index (χ1) is 8.63. The van der Waals surface area contributed by atoms with Gasteiger partial charge >= 0.3 is 0 Å². The molecule has 0 aromatic heterocycles. The maximum absolute atomic E-state index is 10.6. The highest BCUT2D eigenvalue weighted by Gasteiger charge is 2.31. The Morgan fingerprint density at radius 1 is 1.17 bits per heavy atom. The molecule has 1 aliphatic carbocycles. The molecule has 1 aliphatic rings. The van der Waals surface area contributed by atoms with Crippen molar-refractivity contribution in [2.24, 2.45) is 17.8 Å². The van der Waals surface area contributed by atoms with Gasteiger partial charge in [0.15, 0.2) is 0 Å². The van der Waals surface area contributed by atoms with Gasteiger partial charge in [-0.2, -0.15) is 0 Å². The highest BCUT2D eigenvalue weighted by molar-refractivity contribution is 5.35. The zero-order valence-electron chi connectivity index (χ0n) is 11.6. The molecule has 1 N–H and O–H groups in total. The zero-order valence-corrected chi connectivity index (χ0v) is 11.6. The van der Waals surface area contributed by atoms with E-state index in [0.717, 1.165) is 30.1 Å². The summed E-state index contributed by atoms with van der Waals surface area (Å²) in [6.07, 6.45) is 3.06. The van der Waals surface area contributed by atoms with E-state index in [4.69, 9.17) is 4.74 Å². The monoisotopic (exact) mass is 248 g/mol. The Morgan fingerprint density at radius 3 is 2.56 bits per heavy atom. The fourth-order valence-electron chi connectivity index (χ4n) is 3.04. The topological polar surface area (TPSA) is 29.5 Å². The first-order valence-corrected chi connectivity index (χ1v) is 6.94. The van der Waals surface area contributed by atoms with Gasteiger partial charge in [0.1, 0.15) is 5.75 Å². The van der Waals surface area contributed by atoms with Gasteiger partial charge in [-0.15, -0.1) is 0 Å². The highest BCUT2D eigenvalue weighted by atomic mass is 16.5.